The van der Waals surface area contributed by atoms with Gasteiger partial charge in [0.15, 0.2) is 0 Å². The minimum absolute atomic E-state index is 0.732. The molecule has 0 amide bonds. The van der Waals surface area contributed by atoms with E-state index in [9.17, 15) is 0 Å². The minimum Gasteiger partial charge on any atom is -0.490 e. The largest absolute Gasteiger partial charge is 0.490 e. The third-order valence-electron chi connectivity index (χ3n) is 3.12. The van der Waals surface area contributed by atoms with Crippen LogP contribution < -0.4 is 15.0 Å². The van der Waals surface area contributed by atoms with Crippen LogP contribution in [0, 0.1) is 0 Å². The molecule has 0 atom stereocenters. The number of nitrogens with one attached hydrogen (secondary N) is 1. The van der Waals surface area contributed by atoms with Crippen LogP contribution in [-0.2, 0) is 0 Å². The second kappa shape index (κ2) is 6.61. The van der Waals surface area contributed by atoms with Gasteiger partial charge in [-0.3, -0.25) is 0 Å². The fourth-order valence-corrected chi connectivity index (χ4v) is 2.08. The molecule has 1 aliphatic rings. The van der Waals surface area contributed by atoms with E-state index in [4.69, 9.17) is 4.74 Å². The summed E-state index contributed by atoms with van der Waals surface area (Å²) < 4.78 is 5.90. The van der Waals surface area contributed by atoms with Crippen molar-refractivity contribution in [3.8, 4) is 5.75 Å². The Bertz CT molecular complexity index is 362. The molecule has 0 saturated carbocycles. The lowest BCUT2D eigenvalue weighted by atomic mass is 10.2. The number of rotatable bonds is 5. The van der Waals surface area contributed by atoms with Crippen molar-refractivity contribution in [1.29, 1.82) is 0 Å². The molecule has 1 heterocycles. The highest BCUT2D eigenvalue weighted by Gasteiger charge is 2.14. The van der Waals surface area contributed by atoms with E-state index in [0.29, 0.717) is 0 Å². The zero-order chi connectivity index (χ0) is 12.8. The van der Waals surface area contributed by atoms with Crippen LogP contribution in [0.5, 0.6) is 5.75 Å². The molecule has 0 radical (unpaired) electrons. The SMILES string of the molecule is CN(C)CCOc1ccccc1N1CCNCC1. The van der Waals surface area contributed by atoms with Gasteiger partial charge >= 0.3 is 0 Å². The van der Waals surface area contributed by atoms with Gasteiger partial charge in [0.25, 0.3) is 0 Å². The monoisotopic (exact) mass is 249 g/mol. The van der Waals surface area contributed by atoms with Crippen molar-refractivity contribution in [2.45, 2.75) is 0 Å². The predicted octanol–water partition coefficient (Wildman–Crippen LogP) is 1.04. The lowest BCUT2D eigenvalue weighted by Gasteiger charge is -2.30. The van der Waals surface area contributed by atoms with Gasteiger partial charge in [0.05, 0.1) is 5.69 Å². The van der Waals surface area contributed by atoms with E-state index in [1.54, 1.807) is 0 Å². The van der Waals surface area contributed by atoms with Gasteiger partial charge in [-0.15, -0.1) is 0 Å². The summed E-state index contributed by atoms with van der Waals surface area (Å²) in [5.74, 6) is 1.00. The van der Waals surface area contributed by atoms with Crippen LogP contribution in [0.15, 0.2) is 24.3 Å². The van der Waals surface area contributed by atoms with Gasteiger partial charge in [0.1, 0.15) is 12.4 Å². The third kappa shape index (κ3) is 3.62. The Kier molecular flexibility index (Phi) is 4.84. The lowest BCUT2D eigenvalue weighted by Crippen LogP contribution is -2.43. The first-order valence-corrected chi connectivity index (χ1v) is 6.59. The summed E-state index contributed by atoms with van der Waals surface area (Å²) in [5, 5.41) is 3.37. The second-order valence-electron chi connectivity index (χ2n) is 4.86. The smallest absolute Gasteiger partial charge is 0.142 e. The van der Waals surface area contributed by atoms with Gasteiger partial charge in [-0.05, 0) is 26.2 Å². The molecule has 100 valence electrons. The van der Waals surface area contributed by atoms with E-state index >= 15 is 0 Å². The predicted molar refractivity (Wildman–Crippen MR) is 75.6 cm³/mol. The van der Waals surface area contributed by atoms with Crippen molar-refractivity contribution >= 4 is 5.69 Å². The van der Waals surface area contributed by atoms with Gasteiger partial charge in [0.2, 0.25) is 0 Å². The first kappa shape index (κ1) is 13.2. The van der Waals surface area contributed by atoms with Crippen molar-refractivity contribution in [3.05, 3.63) is 24.3 Å². The Morgan fingerprint density at radius 3 is 2.67 bits per heavy atom. The van der Waals surface area contributed by atoms with Crippen molar-refractivity contribution in [2.75, 3.05) is 58.3 Å². The van der Waals surface area contributed by atoms with Crippen LogP contribution >= 0.6 is 0 Å². The van der Waals surface area contributed by atoms with Gasteiger partial charge in [-0.2, -0.15) is 0 Å². The first-order valence-electron chi connectivity index (χ1n) is 6.59. The molecule has 1 saturated heterocycles. The summed E-state index contributed by atoms with van der Waals surface area (Å²) in [6.07, 6.45) is 0. The number of piperazine rings is 1. The second-order valence-corrected chi connectivity index (χ2v) is 4.86. The molecule has 0 spiro atoms. The molecule has 1 fully saturated rings. The summed E-state index contributed by atoms with van der Waals surface area (Å²) in [5.41, 5.74) is 1.22. The molecule has 1 aromatic carbocycles. The standard InChI is InChI=1S/C14H23N3O/c1-16(2)11-12-18-14-6-4-3-5-13(14)17-9-7-15-8-10-17/h3-6,15H,7-12H2,1-2H3. The van der Waals surface area contributed by atoms with Crippen molar-refractivity contribution < 1.29 is 4.74 Å². The Hall–Kier alpha value is -1.26. The number of likely N-dealkylation sites (N-methyl/N-ethyl adjacent to an activating group) is 1. The van der Waals surface area contributed by atoms with Crippen LogP contribution in [0.3, 0.4) is 0 Å². The van der Waals surface area contributed by atoms with E-state index in [0.717, 1.165) is 45.1 Å². The zero-order valence-corrected chi connectivity index (χ0v) is 11.4. The molecule has 18 heavy (non-hydrogen) atoms. The topological polar surface area (TPSA) is 27.7 Å². The van der Waals surface area contributed by atoms with Crippen LogP contribution in [-0.4, -0.2) is 58.3 Å². The number of nitrogens with zero attached hydrogens (tertiary/aromatic N) is 2. The van der Waals surface area contributed by atoms with E-state index in [1.165, 1.54) is 5.69 Å². The Morgan fingerprint density at radius 2 is 1.94 bits per heavy atom. The van der Waals surface area contributed by atoms with Gasteiger partial charge in [-0.1, -0.05) is 12.1 Å². The van der Waals surface area contributed by atoms with Gasteiger partial charge in [-0.25, -0.2) is 0 Å². The number of hydrogen-bond acceptors (Lipinski definition) is 4. The summed E-state index contributed by atoms with van der Waals surface area (Å²) in [6.45, 7) is 5.87. The van der Waals surface area contributed by atoms with Crippen LogP contribution in [0.25, 0.3) is 0 Å². The Morgan fingerprint density at radius 1 is 1.22 bits per heavy atom. The molecule has 0 aromatic heterocycles. The van der Waals surface area contributed by atoms with E-state index < -0.39 is 0 Å². The average Bonchev–Trinajstić information content (AvgIpc) is 2.40. The molecule has 1 N–H and O–H groups in total. The van der Waals surface area contributed by atoms with E-state index in [1.807, 2.05) is 6.07 Å². The molecule has 4 heteroatoms. The highest BCUT2D eigenvalue weighted by molar-refractivity contribution is 5.58. The molecule has 0 unspecified atom stereocenters. The van der Waals surface area contributed by atoms with Crippen LogP contribution in [0.1, 0.15) is 0 Å². The van der Waals surface area contributed by atoms with E-state index in [2.05, 4.69) is 47.4 Å². The normalized spacial score (nSPS) is 16.1. The molecule has 2 rings (SSSR count). The lowest BCUT2D eigenvalue weighted by molar-refractivity contribution is 0.261. The molecule has 1 aromatic rings. The maximum Gasteiger partial charge on any atom is 0.142 e. The van der Waals surface area contributed by atoms with Crippen LogP contribution in [0.4, 0.5) is 5.69 Å². The average molecular weight is 249 g/mol. The summed E-state index contributed by atoms with van der Waals surface area (Å²) in [7, 11) is 4.12. The number of para-hydroxylation sites is 2. The Labute approximate surface area is 110 Å². The quantitative estimate of drug-likeness (QED) is 0.844. The molecular formula is C14H23N3O. The fraction of sp³-hybridized carbons (Fsp3) is 0.571. The van der Waals surface area contributed by atoms with E-state index in [-0.39, 0.29) is 0 Å². The van der Waals surface area contributed by atoms with Crippen LogP contribution in [0.2, 0.25) is 0 Å². The third-order valence-corrected chi connectivity index (χ3v) is 3.12. The summed E-state index contributed by atoms with van der Waals surface area (Å²) >= 11 is 0. The maximum atomic E-state index is 5.90. The fourth-order valence-electron chi connectivity index (χ4n) is 2.08. The van der Waals surface area contributed by atoms with Crippen molar-refractivity contribution in [2.24, 2.45) is 0 Å². The number of benzene rings is 1. The molecule has 1 aliphatic heterocycles. The summed E-state index contributed by atoms with van der Waals surface area (Å²) in [4.78, 5) is 4.52. The maximum absolute atomic E-state index is 5.90. The molecular weight excluding hydrogens is 226 g/mol. The minimum atomic E-state index is 0.732. The highest BCUT2D eigenvalue weighted by Crippen LogP contribution is 2.28. The first-order chi connectivity index (χ1) is 8.77. The van der Waals surface area contributed by atoms with Gasteiger partial charge < -0.3 is 19.9 Å². The Balaban J connectivity index is 2.00. The molecule has 0 aliphatic carbocycles. The molecule has 0 bridgehead atoms. The van der Waals surface area contributed by atoms with Crippen molar-refractivity contribution in [3.63, 3.8) is 0 Å². The highest BCUT2D eigenvalue weighted by atomic mass is 16.5. The zero-order valence-electron chi connectivity index (χ0n) is 11.4. The number of hydrogen-bond donors (Lipinski definition) is 1. The molecule has 4 nitrogen and oxygen atoms in total. The number of ether oxygens (including phenoxy) is 1. The summed E-state index contributed by atoms with van der Waals surface area (Å²) in [6, 6.07) is 8.33. The number of anilines is 1. The van der Waals surface area contributed by atoms with Gasteiger partial charge in [0, 0.05) is 32.7 Å². The van der Waals surface area contributed by atoms with Crippen molar-refractivity contribution in [1.82, 2.24) is 10.2 Å².